The predicted molar refractivity (Wildman–Crippen MR) is 109 cm³/mol. The molecular weight excluding hydrogens is 378 g/mol. The summed E-state index contributed by atoms with van der Waals surface area (Å²) in [6.45, 7) is 3.49. The van der Waals surface area contributed by atoms with Crippen LogP contribution < -0.4 is 15.4 Å². The van der Waals surface area contributed by atoms with Gasteiger partial charge in [-0.25, -0.2) is 13.1 Å². The van der Waals surface area contributed by atoms with Gasteiger partial charge in [-0.2, -0.15) is 0 Å². The average molecular weight is 401 g/mol. The number of hydrogen-bond donors (Lipinski definition) is 3. The van der Waals surface area contributed by atoms with Crippen molar-refractivity contribution < 1.29 is 18.0 Å². The van der Waals surface area contributed by atoms with E-state index in [0.717, 1.165) is 0 Å². The SMILES string of the molecule is CNC(=O)c1ccccc1NC(=O)/C=C/c1ccc(S(=O)(=O)NC(C)C)cc1. The fourth-order valence-electron chi connectivity index (χ4n) is 2.41. The molecule has 0 spiro atoms. The van der Waals surface area contributed by atoms with Gasteiger partial charge in [0.2, 0.25) is 15.9 Å². The Morgan fingerprint density at radius 2 is 1.64 bits per heavy atom. The molecular formula is C20H23N3O4S. The van der Waals surface area contributed by atoms with Gasteiger partial charge in [-0.3, -0.25) is 9.59 Å². The highest BCUT2D eigenvalue weighted by Gasteiger charge is 2.14. The van der Waals surface area contributed by atoms with Crippen molar-refractivity contribution in [1.29, 1.82) is 0 Å². The lowest BCUT2D eigenvalue weighted by molar-refractivity contribution is -0.111. The van der Waals surface area contributed by atoms with Gasteiger partial charge < -0.3 is 10.6 Å². The summed E-state index contributed by atoms with van der Waals surface area (Å²) in [5, 5.41) is 5.18. The lowest BCUT2D eigenvalue weighted by atomic mass is 10.1. The summed E-state index contributed by atoms with van der Waals surface area (Å²) >= 11 is 0. The Kier molecular flexibility index (Phi) is 7.08. The van der Waals surface area contributed by atoms with E-state index in [2.05, 4.69) is 15.4 Å². The molecule has 0 heterocycles. The van der Waals surface area contributed by atoms with Crippen molar-refractivity contribution in [2.75, 3.05) is 12.4 Å². The fourth-order valence-corrected chi connectivity index (χ4v) is 3.66. The lowest BCUT2D eigenvalue weighted by Crippen LogP contribution is -2.30. The van der Waals surface area contributed by atoms with Crippen LogP contribution in [0.15, 0.2) is 59.5 Å². The number of benzene rings is 2. The normalized spacial score (nSPS) is 11.6. The highest BCUT2D eigenvalue weighted by Crippen LogP contribution is 2.15. The Bertz CT molecular complexity index is 981. The van der Waals surface area contributed by atoms with E-state index in [9.17, 15) is 18.0 Å². The molecule has 0 unspecified atom stereocenters. The van der Waals surface area contributed by atoms with Gasteiger partial charge in [-0.05, 0) is 49.8 Å². The predicted octanol–water partition coefficient (Wildman–Crippen LogP) is 2.38. The van der Waals surface area contributed by atoms with Crippen LogP contribution in [0.1, 0.15) is 29.8 Å². The molecule has 7 nitrogen and oxygen atoms in total. The van der Waals surface area contributed by atoms with Crippen molar-refractivity contribution in [3.8, 4) is 0 Å². The third-order valence-electron chi connectivity index (χ3n) is 3.67. The molecule has 0 saturated heterocycles. The van der Waals surface area contributed by atoms with Gasteiger partial charge in [-0.15, -0.1) is 0 Å². The van der Waals surface area contributed by atoms with Gasteiger partial charge in [-0.1, -0.05) is 24.3 Å². The number of sulfonamides is 1. The molecule has 0 radical (unpaired) electrons. The smallest absolute Gasteiger partial charge is 0.253 e. The zero-order valence-electron chi connectivity index (χ0n) is 15.9. The molecule has 0 aromatic heterocycles. The number of amides is 2. The van der Waals surface area contributed by atoms with Crippen molar-refractivity contribution in [2.24, 2.45) is 0 Å². The summed E-state index contributed by atoms with van der Waals surface area (Å²) in [5.74, 6) is -0.707. The van der Waals surface area contributed by atoms with Crippen molar-refractivity contribution in [2.45, 2.75) is 24.8 Å². The minimum Gasteiger partial charge on any atom is -0.355 e. The first-order valence-corrected chi connectivity index (χ1v) is 10.1. The molecule has 0 saturated carbocycles. The van der Waals surface area contributed by atoms with Gasteiger partial charge in [0.05, 0.1) is 16.1 Å². The molecule has 0 bridgehead atoms. The minimum absolute atomic E-state index is 0.155. The van der Waals surface area contributed by atoms with Crippen LogP contribution in [0.4, 0.5) is 5.69 Å². The molecule has 2 aromatic carbocycles. The summed E-state index contributed by atoms with van der Waals surface area (Å²) < 4.78 is 26.7. The van der Waals surface area contributed by atoms with E-state index < -0.39 is 15.9 Å². The number of para-hydroxylation sites is 1. The number of nitrogens with one attached hydrogen (secondary N) is 3. The maximum atomic E-state index is 12.2. The Balaban J connectivity index is 2.08. The summed E-state index contributed by atoms with van der Waals surface area (Å²) in [6.07, 6.45) is 2.88. The fraction of sp³-hybridized carbons (Fsp3) is 0.200. The molecule has 28 heavy (non-hydrogen) atoms. The Hall–Kier alpha value is -2.97. The third kappa shape index (κ3) is 5.77. The van der Waals surface area contributed by atoms with Gasteiger partial charge in [0.15, 0.2) is 0 Å². The van der Waals surface area contributed by atoms with Crippen LogP contribution in [0.2, 0.25) is 0 Å². The zero-order valence-corrected chi connectivity index (χ0v) is 16.7. The summed E-state index contributed by atoms with van der Waals surface area (Å²) in [5.41, 5.74) is 1.43. The zero-order chi connectivity index (χ0) is 20.7. The minimum atomic E-state index is -3.55. The monoisotopic (exact) mass is 401 g/mol. The molecule has 8 heteroatoms. The first-order valence-electron chi connectivity index (χ1n) is 8.65. The topological polar surface area (TPSA) is 104 Å². The molecule has 3 N–H and O–H groups in total. The highest BCUT2D eigenvalue weighted by atomic mass is 32.2. The van der Waals surface area contributed by atoms with Gasteiger partial charge in [0, 0.05) is 19.2 Å². The van der Waals surface area contributed by atoms with Crippen LogP contribution in [-0.4, -0.2) is 33.3 Å². The molecule has 2 aromatic rings. The summed E-state index contributed by atoms with van der Waals surface area (Å²) in [4.78, 5) is 24.2. The standard InChI is InChI=1S/C20H23N3O4S/c1-14(2)23-28(26,27)16-11-8-15(9-12-16)10-13-19(24)22-18-7-5-4-6-17(18)20(25)21-3/h4-14,23H,1-3H3,(H,21,25)(H,22,24)/b13-10+. The van der Waals surface area contributed by atoms with E-state index in [0.29, 0.717) is 16.8 Å². The molecule has 148 valence electrons. The van der Waals surface area contributed by atoms with Crippen LogP contribution >= 0.6 is 0 Å². The second kappa shape index (κ2) is 9.29. The van der Waals surface area contributed by atoms with Gasteiger partial charge in [0.1, 0.15) is 0 Å². The number of carbonyl (C=O) groups excluding carboxylic acids is 2. The number of hydrogen-bond acceptors (Lipinski definition) is 4. The number of carbonyl (C=O) groups is 2. The molecule has 2 rings (SSSR count). The van der Waals surface area contributed by atoms with Gasteiger partial charge in [0.25, 0.3) is 5.91 Å². The van der Waals surface area contributed by atoms with E-state index in [-0.39, 0.29) is 16.8 Å². The van der Waals surface area contributed by atoms with Crippen molar-refractivity contribution in [1.82, 2.24) is 10.0 Å². The lowest BCUT2D eigenvalue weighted by Gasteiger charge is -2.09. The Morgan fingerprint density at radius 3 is 2.25 bits per heavy atom. The second-order valence-corrected chi connectivity index (χ2v) is 8.01. The summed E-state index contributed by atoms with van der Waals surface area (Å²) in [7, 11) is -2.04. The van der Waals surface area contributed by atoms with Gasteiger partial charge >= 0.3 is 0 Å². The largest absolute Gasteiger partial charge is 0.355 e. The maximum absolute atomic E-state index is 12.2. The summed E-state index contributed by atoms with van der Waals surface area (Å²) in [6, 6.07) is 12.6. The second-order valence-electron chi connectivity index (χ2n) is 6.29. The molecule has 2 amide bonds. The maximum Gasteiger partial charge on any atom is 0.253 e. The van der Waals surface area contributed by atoms with E-state index in [1.807, 2.05) is 0 Å². The van der Waals surface area contributed by atoms with Crippen LogP contribution in [0.5, 0.6) is 0 Å². The van der Waals surface area contributed by atoms with Crippen LogP contribution in [-0.2, 0) is 14.8 Å². The van der Waals surface area contributed by atoms with Crippen molar-refractivity contribution >= 4 is 33.6 Å². The molecule has 0 aliphatic heterocycles. The first-order chi connectivity index (χ1) is 13.2. The van der Waals surface area contributed by atoms with Crippen LogP contribution in [0.3, 0.4) is 0 Å². The highest BCUT2D eigenvalue weighted by molar-refractivity contribution is 7.89. The number of anilines is 1. The quantitative estimate of drug-likeness (QED) is 0.620. The average Bonchev–Trinajstić information content (AvgIpc) is 2.65. The van der Waals surface area contributed by atoms with E-state index in [1.54, 1.807) is 56.3 Å². The Labute approximate surface area is 164 Å². The number of rotatable bonds is 7. The van der Waals surface area contributed by atoms with Crippen molar-refractivity contribution in [3.05, 3.63) is 65.7 Å². The van der Waals surface area contributed by atoms with Crippen LogP contribution in [0, 0.1) is 0 Å². The Morgan fingerprint density at radius 1 is 1.00 bits per heavy atom. The molecule has 0 aliphatic rings. The van der Waals surface area contributed by atoms with E-state index >= 15 is 0 Å². The van der Waals surface area contributed by atoms with Crippen molar-refractivity contribution in [3.63, 3.8) is 0 Å². The first kappa shape index (κ1) is 21.3. The third-order valence-corrected chi connectivity index (χ3v) is 5.34. The molecule has 0 fully saturated rings. The van der Waals surface area contributed by atoms with E-state index in [1.165, 1.54) is 25.3 Å². The molecule has 0 aliphatic carbocycles. The van der Waals surface area contributed by atoms with E-state index in [4.69, 9.17) is 0 Å². The molecule has 0 atom stereocenters. The van der Waals surface area contributed by atoms with Crippen LogP contribution in [0.25, 0.3) is 6.08 Å².